The van der Waals surface area contributed by atoms with Crippen LogP contribution in [0.1, 0.15) is 26.3 Å². The Hall–Kier alpha value is -3.41. The van der Waals surface area contributed by atoms with Crippen LogP contribution in [0.4, 0.5) is 17.2 Å². The highest BCUT2D eigenvalue weighted by Gasteiger charge is 2.28. The molecule has 3 N–H and O–H groups in total. The zero-order valence-electron chi connectivity index (χ0n) is 21.3. The Bertz CT molecular complexity index is 1420. The van der Waals surface area contributed by atoms with Crippen LogP contribution < -0.4 is 25.4 Å². The lowest BCUT2D eigenvalue weighted by Gasteiger charge is -2.35. The zero-order chi connectivity index (χ0) is 26.8. The summed E-state index contributed by atoms with van der Waals surface area (Å²) in [4.78, 5) is 44.8. The Morgan fingerprint density at radius 2 is 1.76 bits per heavy atom. The molecule has 38 heavy (non-hydrogen) atoms. The normalized spacial score (nSPS) is 15.4. The number of anilines is 3. The second kappa shape index (κ2) is 11.1. The molecule has 0 spiro atoms. The Kier molecular flexibility index (Phi) is 7.68. The smallest absolute Gasteiger partial charge is 0.260 e. The molecular weight excluding hydrogens is 520 g/mol. The van der Waals surface area contributed by atoms with E-state index in [1.165, 1.54) is 11.6 Å². The molecule has 9 nitrogen and oxygen atoms in total. The monoisotopic (exact) mass is 550 g/mol. The number of amides is 2. The van der Waals surface area contributed by atoms with Crippen LogP contribution in [0.15, 0.2) is 64.3 Å². The van der Waals surface area contributed by atoms with Crippen LogP contribution >= 0.6 is 23.9 Å². The van der Waals surface area contributed by atoms with E-state index in [0.29, 0.717) is 31.0 Å². The quantitative estimate of drug-likeness (QED) is 0.432. The number of piperazine rings is 1. The number of H-pyrrole nitrogens is 1. The number of nitrogens with two attached hydrogens (primary N) is 1. The van der Waals surface area contributed by atoms with E-state index in [-0.39, 0.29) is 17.0 Å². The molecule has 1 saturated heterocycles. The van der Waals surface area contributed by atoms with Gasteiger partial charge in [0.25, 0.3) is 5.91 Å². The van der Waals surface area contributed by atoms with Crippen molar-refractivity contribution in [3.05, 3.63) is 81.6 Å². The van der Waals surface area contributed by atoms with Crippen LogP contribution in [-0.4, -0.2) is 67.1 Å². The van der Waals surface area contributed by atoms with Crippen LogP contribution in [0, 0.1) is 0 Å². The van der Waals surface area contributed by atoms with Gasteiger partial charge in [0.2, 0.25) is 11.5 Å². The maximum atomic E-state index is 13.5. The van der Waals surface area contributed by atoms with Gasteiger partial charge in [-0.3, -0.25) is 14.4 Å². The first-order valence-corrected chi connectivity index (χ1v) is 14.3. The van der Waals surface area contributed by atoms with Crippen LogP contribution in [0.3, 0.4) is 0 Å². The van der Waals surface area contributed by atoms with E-state index in [2.05, 4.69) is 32.4 Å². The van der Waals surface area contributed by atoms with Crippen molar-refractivity contribution >= 4 is 52.9 Å². The standard InChI is InChI=1S/C27H30N6O3S2/c1-30(37-2)23-6-4-3-5-21(23)27(36)33-10-9-18-15-20(7-8-22(18)33)38-32-13-11-31(12-14-32)24-16-19(26(28)35)17-25(34)29-24/h3-8,15-17H,9-14H2,1-2H3,(H2,28,35)(H,29,34). The largest absolute Gasteiger partial charge is 0.366 e. The van der Waals surface area contributed by atoms with Gasteiger partial charge < -0.3 is 24.8 Å². The summed E-state index contributed by atoms with van der Waals surface area (Å²) in [6.45, 7) is 3.66. The van der Waals surface area contributed by atoms with Gasteiger partial charge >= 0.3 is 0 Å². The number of hydrogen-bond acceptors (Lipinski definition) is 8. The zero-order valence-corrected chi connectivity index (χ0v) is 23.0. The predicted octanol–water partition coefficient (Wildman–Crippen LogP) is 3.22. The molecule has 5 rings (SSSR count). The molecule has 1 fully saturated rings. The maximum absolute atomic E-state index is 13.5. The van der Waals surface area contributed by atoms with Crippen molar-refractivity contribution in [1.82, 2.24) is 9.29 Å². The topological polar surface area (TPSA) is 106 Å². The molecule has 2 aliphatic rings. The van der Waals surface area contributed by atoms with Gasteiger partial charge in [-0.1, -0.05) is 24.1 Å². The van der Waals surface area contributed by atoms with Crippen molar-refractivity contribution in [3.8, 4) is 0 Å². The Labute approximate surface area is 230 Å². The molecule has 0 aliphatic carbocycles. The molecule has 1 aromatic heterocycles. The van der Waals surface area contributed by atoms with E-state index in [4.69, 9.17) is 5.73 Å². The SMILES string of the molecule is CSN(C)c1ccccc1C(=O)N1CCc2cc(SN3CCN(c4cc(C(N)=O)cc(=O)[nH]4)CC3)ccc21. The highest BCUT2D eigenvalue weighted by atomic mass is 32.2. The Balaban J connectivity index is 1.24. The van der Waals surface area contributed by atoms with Gasteiger partial charge in [-0.05, 0) is 60.3 Å². The summed E-state index contributed by atoms with van der Waals surface area (Å²) >= 11 is 3.28. The second-order valence-electron chi connectivity index (χ2n) is 9.18. The molecule has 11 heteroatoms. The van der Waals surface area contributed by atoms with E-state index in [1.807, 2.05) is 46.8 Å². The molecule has 0 atom stereocenters. The van der Waals surface area contributed by atoms with E-state index in [1.54, 1.807) is 30.0 Å². The minimum Gasteiger partial charge on any atom is -0.366 e. The number of primary amides is 1. The van der Waals surface area contributed by atoms with Gasteiger partial charge in [0.1, 0.15) is 5.82 Å². The molecule has 3 heterocycles. The van der Waals surface area contributed by atoms with Crippen LogP contribution in [0.25, 0.3) is 0 Å². The first-order chi connectivity index (χ1) is 18.3. The van der Waals surface area contributed by atoms with E-state index < -0.39 is 5.91 Å². The first kappa shape index (κ1) is 26.2. The van der Waals surface area contributed by atoms with Gasteiger partial charge in [0.15, 0.2) is 0 Å². The molecule has 0 radical (unpaired) electrons. The highest BCUT2D eigenvalue weighted by Crippen LogP contribution is 2.36. The van der Waals surface area contributed by atoms with E-state index >= 15 is 0 Å². The third-order valence-electron chi connectivity index (χ3n) is 6.87. The molecule has 2 amide bonds. The van der Waals surface area contributed by atoms with Crippen molar-refractivity contribution < 1.29 is 9.59 Å². The van der Waals surface area contributed by atoms with Gasteiger partial charge in [-0.25, -0.2) is 4.31 Å². The average Bonchev–Trinajstić information content (AvgIpc) is 3.35. The van der Waals surface area contributed by atoms with Crippen LogP contribution in [0.2, 0.25) is 0 Å². The van der Waals surface area contributed by atoms with Crippen molar-refractivity contribution in [2.75, 3.05) is 60.1 Å². The molecule has 0 unspecified atom stereocenters. The fourth-order valence-corrected chi connectivity index (χ4v) is 6.15. The fourth-order valence-electron chi connectivity index (χ4n) is 4.83. The third kappa shape index (κ3) is 5.40. The van der Waals surface area contributed by atoms with Crippen LogP contribution in [0.5, 0.6) is 0 Å². The summed E-state index contributed by atoms with van der Waals surface area (Å²) in [6, 6.07) is 16.9. The Morgan fingerprint density at radius 1 is 1.00 bits per heavy atom. The predicted molar refractivity (Wildman–Crippen MR) is 155 cm³/mol. The van der Waals surface area contributed by atoms with Gasteiger partial charge in [-0.15, -0.1) is 0 Å². The number of benzene rings is 2. The average molecular weight is 551 g/mol. The minimum absolute atomic E-state index is 0.0234. The summed E-state index contributed by atoms with van der Waals surface area (Å²) in [7, 11) is 1.97. The van der Waals surface area contributed by atoms with Crippen molar-refractivity contribution in [1.29, 1.82) is 0 Å². The van der Waals surface area contributed by atoms with Gasteiger partial charge in [0, 0.05) is 68.2 Å². The molecule has 198 valence electrons. The molecule has 2 aliphatic heterocycles. The lowest BCUT2D eigenvalue weighted by atomic mass is 10.1. The lowest BCUT2D eigenvalue weighted by molar-refractivity contribution is 0.0985. The number of para-hydroxylation sites is 1. The number of aromatic amines is 1. The molecular formula is C27H30N6O3S2. The maximum Gasteiger partial charge on any atom is 0.260 e. The van der Waals surface area contributed by atoms with E-state index in [0.717, 1.165) is 35.8 Å². The fraction of sp³-hybridized carbons (Fsp3) is 0.296. The number of rotatable bonds is 7. The molecule has 0 saturated carbocycles. The summed E-state index contributed by atoms with van der Waals surface area (Å²) in [5, 5.41) is 0. The van der Waals surface area contributed by atoms with Crippen molar-refractivity contribution in [3.63, 3.8) is 0 Å². The van der Waals surface area contributed by atoms with Gasteiger partial charge in [-0.2, -0.15) is 0 Å². The number of pyridine rings is 1. The lowest BCUT2D eigenvalue weighted by Crippen LogP contribution is -2.44. The summed E-state index contributed by atoms with van der Waals surface area (Å²) < 4.78 is 4.30. The number of carbonyl (C=O) groups excluding carboxylic acids is 2. The first-order valence-electron chi connectivity index (χ1n) is 12.4. The number of carbonyl (C=O) groups is 2. The molecule has 3 aromatic rings. The highest BCUT2D eigenvalue weighted by molar-refractivity contribution is 7.99. The number of hydrogen-bond donors (Lipinski definition) is 2. The van der Waals surface area contributed by atoms with Crippen LogP contribution in [-0.2, 0) is 6.42 Å². The van der Waals surface area contributed by atoms with Gasteiger partial charge in [0.05, 0.1) is 11.3 Å². The Morgan fingerprint density at radius 3 is 2.50 bits per heavy atom. The minimum atomic E-state index is -0.611. The third-order valence-corrected chi connectivity index (χ3v) is 8.70. The summed E-state index contributed by atoms with van der Waals surface area (Å²) in [5.41, 5.74) is 9.01. The van der Waals surface area contributed by atoms with Crippen molar-refractivity contribution in [2.24, 2.45) is 5.73 Å². The summed E-state index contributed by atoms with van der Waals surface area (Å²) in [6.07, 6.45) is 2.82. The number of aromatic nitrogens is 1. The number of nitrogens with one attached hydrogen (secondary N) is 1. The molecule has 2 aromatic carbocycles. The number of fused-ring (bicyclic) bond motifs is 1. The second-order valence-corrected chi connectivity index (χ2v) is 11.3. The van der Waals surface area contributed by atoms with E-state index in [9.17, 15) is 14.4 Å². The number of nitrogens with zero attached hydrogens (tertiary/aromatic N) is 4. The summed E-state index contributed by atoms with van der Waals surface area (Å²) in [5.74, 6) is 0.0266. The van der Waals surface area contributed by atoms with Crippen molar-refractivity contribution in [2.45, 2.75) is 11.3 Å². The molecule has 0 bridgehead atoms.